The van der Waals surface area contributed by atoms with Crippen molar-refractivity contribution in [2.24, 2.45) is 5.92 Å². The number of hydrogen-bond acceptors (Lipinski definition) is 0. The van der Waals surface area contributed by atoms with Crippen LogP contribution in [0.2, 0.25) is 0 Å². The summed E-state index contributed by atoms with van der Waals surface area (Å²) in [7, 11) is 0. The second-order valence-corrected chi connectivity index (χ2v) is 6.00. The number of hydrogen-bond donors (Lipinski definition) is 0. The predicted octanol–water partition coefficient (Wildman–Crippen LogP) is 4.91. The van der Waals surface area contributed by atoms with Crippen LogP contribution in [0.1, 0.15) is 51.3 Å². The van der Waals surface area contributed by atoms with Crippen LogP contribution >= 0.6 is 0 Å². The average Bonchev–Trinajstić information content (AvgIpc) is 2.27. The van der Waals surface area contributed by atoms with E-state index in [2.05, 4.69) is 59.4 Å². The minimum atomic E-state index is 0.235. The molecule has 1 aromatic rings. The van der Waals surface area contributed by atoms with E-state index >= 15 is 0 Å². The maximum atomic E-state index is 3.88. The van der Waals surface area contributed by atoms with Gasteiger partial charge in [0.2, 0.25) is 0 Å². The van der Waals surface area contributed by atoms with Gasteiger partial charge in [0.05, 0.1) is 0 Å². The molecule has 0 aliphatic heterocycles. The Morgan fingerprint density at radius 1 is 1.24 bits per heavy atom. The predicted molar refractivity (Wildman–Crippen MR) is 77.6 cm³/mol. The van der Waals surface area contributed by atoms with Crippen LogP contribution in [0, 0.1) is 5.92 Å². The Hall–Kier alpha value is -1.04. The molecule has 1 rings (SSSR count). The lowest BCUT2D eigenvalue weighted by Crippen LogP contribution is -2.12. The molecule has 0 aliphatic rings. The third kappa shape index (κ3) is 3.73. The molecule has 17 heavy (non-hydrogen) atoms. The van der Waals surface area contributed by atoms with Gasteiger partial charge in [-0.3, -0.25) is 0 Å². The van der Waals surface area contributed by atoms with Crippen LogP contribution in [0.15, 0.2) is 30.9 Å². The minimum Gasteiger partial charge on any atom is -0.103 e. The fraction of sp³-hybridized carbons (Fsp3) is 0.529. The van der Waals surface area contributed by atoms with Gasteiger partial charge < -0.3 is 0 Å². The normalized spacial score (nSPS) is 13.5. The molecule has 0 amide bonds. The molecule has 0 radical (unpaired) electrons. The lowest BCUT2D eigenvalue weighted by Gasteiger charge is -2.22. The Bertz CT molecular complexity index is 380. The van der Waals surface area contributed by atoms with Crippen molar-refractivity contribution in [3.05, 3.63) is 47.5 Å². The first-order chi connectivity index (χ1) is 7.88. The number of benzene rings is 1. The molecule has 0 heterocycles. The van der Waals surface area contributed by atoms with Crippen LogP contribution < -0.4 is 0 Å². The van der Waals surface area contributed by atoms with E-state index in [9.17, 15) is 0 Å². The summed E-state index contributed by atoms with van der Waals surface area (Å²) < 4.78 is 0. The van der Waals surface area contributed by atoms with Gasteiger partial charge in [-0.05, 0) is 40.9 Å². The molecule has 0 heteroatoms. The molecule has 0 aliphatic carbocycles. The summed E-state index contributed by atoms with van der Waals surface area (Å²) in [5.74, 6) is 0.551. The fourth-order valence-electron chi connectivity index (χ4n) is 2.06. The SMILES string of the molecule is C=CC(C)Cc1cc(C(C)(C)C)ccc1CC. The molecular weight excluding hydrogens is 204 g/mol. The van der Waals surface area contributed by atoms with Crippen molar-refractivity contribution in [3.63, 3.8) is 0 Å². The van der Waals surface area contributed by atoms with Gasteiger partial charge in [0.1, 0.15) is 0 Å². The van der Waals surface area contributed by atoms with E-state index in [4.69, 9.17) is 0 Å². The summed E-state index contributed by atoms with van der Waals surface area (Å²) in [4.78, 5) is 0. The van der Waals surface area contributed by atoms with E-state index < -0.39 is 0 Å². The molecule has 94 valence electrons. The smallest absolute Gasteiger partial charge is 0.0132 e. The first-order valence-corrected chi connectivity index (χ1v) is 6.63. The number of aryl methyl sites for hydroxylation is 1. The molecule has 0 saturated carbocycles. The summed E-state index contributed by atoms with van der Waals surface area (Å²) in [6, 6.07) is 6.96. The van der Waals surface area contributed by atoms with Gasteiger partial charge in [0.25, 0.3) is 0 Å². The molecule has 0 bridgehead atoms. The Labute approximate surface area is 107 Å². The van der Waals surface area contributed by atoms with Gasteiger partial charge in [0, 0.05) is 0 Å². The summed E-state index contributed by atoms with van der Waals surface area (Å²) in [6.45, 7) is 15.2. The first kappa shape index (κ1) is 14.0. The van der Waals surface area contributed by atoms with E-state index in [1.807, 2.05) is 6.08 Å². The molecule has 0 nitrogen and oxygen atoms in total. The summed E-state index contributed by atoms with van der Waals surface area (Å²) in [6.07, 6.45) is 4.27. The van der Waals surface area contributed by atoms with Crippen molar-refractivity contribution >= 4 is 0 Å². The average molecular weight is 230 g/mol. The van der Waals surface area contributed by atoms with E-state index in [1.54, 1.807) is 0 Å². The Balaban J connectivity index is 3.11. The lowest BCUT2D eigenvalue weighted by molar-refractivity contribution is 0.587. The van der Waals surface area contributed by atoms with Crippen molar-refractivity contribution in [2.75, 3.05) is 0 Å². The number of allylic oxidation sites excluding steroid dienone is 1. The highest BCUT2D eigenvalue weighted by Crippen LogP contribution is 2.26. The van der Waals surface area contributed by atoms with Crippen LogP contribution in [-0.4, -0.2) is 0 Å². The van der Waals surface area contributed by atoms with E-state index in [-0.39, 0.29) is 5.41 Å². The number of rotatable bonds is 4. The van der Waals surface area contributed by atoms with E-state index in [1.165, 1.54) is 16.7 Å². The van der Waals surface area contributed by atoms with Crippen molar-refractivity contribution in [1.82, 2.24) is 0 Å². The molecular formula is C17H26. The van der Waals surface area contributed by atoms with Crippen LogP contribution in [0.3, 0.4) is 0 Å². The van der Waals surface area contributed by atoms with Crippen LogP contribution in [0.25, 0.3) is 0 Å². The van der Waals surface area contributed by atoms with Crippen LogP contribution in [-0.2, 0) is 18.3 Å². The standard InChI is InChI=1S/C17H26/c1-7-13(3)11-15-12-16(17(4,5)6)10-9-14(15)8-2/h7,9-10,12-13H,1,8,11H2,2-6H3. The van der Waals surface area contributed by atoms with Gasteiger partial charge in [-0.25, -0.2) is 0 Å². The lowest BCUT2D eigenvalue weighted by atomic mass is 9.83. The van der Waals surface area contributed by atoms with Gasteiger partial charge in [-0.2, -0.15) is 0 Å². The highest BCUT2D eigenvalue weighted by molar-refractivity contribution is 5.35. The molecule has 0 aromatic heterocycles. The molecule has 0 N–H and O–H groups in total. The van der Waals surface area contributed by atoms with Crippen molar-refractivity contribution < 1.29 is 0 Å². The van der Waals surface area contributed by atoms with Crippen LogP contribution in [0.4, 0.5) is 0 Å². The third-order valence-corrected chi connectivity index (χ3v) is 3.40. The van der Waals surface area contributed by atoms with Crippen molar-refractivity contribution in [3.8, 4) is 0 Å². The Kier molecular flexibility index (Phi) is 4.56. The second kappa shape index (κ2) is 5.53. The zero-order valence-corrected chi connectivity index (χ0v) is 12.0. The van der Waals surface area contributed by atoms with E-state index in [0.717, 1.165) is 12.8 Å². The maximum absolute atomic E-state index is 3.88. The highest BCUT2D eigenvalue weighted by Gasteiger charge is 2.15. The van der Waals surface area contributed by atoms with Gasteiger partial charge in [0.15, 0.2) is 0 Å². The summed E-state index contributed by atoms with van der Waals surface area (Å²) in [5.41, 5.74) is 4.64. The molecule has 1 atom stereocenters. The molecule has 0 spiro atoms. The molecule has 0 saturated heterocycles. The zero-order valence-electron chi connectivity index (χ0n) is 12.0. The third-order valence-electron chi connectivity index (χ3n) is 3.40. The fourth-order valence-corrected chi connectivity index (χ4v) is 2.06. The monoisotopic (exact) mass is 230 g/mol. The molecule has 0 fully saturated rings. The molecule has 1 unspecified atom stereocenters. The maximum Gasteiger partial charge on any atom is -0.0132 e. The minimum absolute atomic E-state index is 0.235. The largest absolute Gasteiger partial charge is 0.103 e. The zero-order chi connectivity index (χ0) is 13.1. The van der Waals surface area contributed by atoms with E-state index in [0.29, 0.717) is 5.92 Å². The summed E-state index contributed by atoms with van der Waals surface area (Å²) >= 11 is 0. The second-order valence-electron chi connectivity index (χ2n) is 6.00. The van der Waals surface area contributed by atoms with Crippen molar-refractivity contribution in [2.45, 2.75) is 52.9 Å². The quantitative estimate of drug-likeness (QED) is 0.645. The van der Waals surface area contributed by atoms with Gasteiger partial charge in [-0.1, -0.05) is 58.9 Å². The van der Waals surface area contributed by atoms with Crippen molar-refractivity contribution in [1.29, 1.82) is 0 Å². The topological polar surface area (TPSA) is 0 Å². The first-order valence-electron chi connectivity index (χ1n) is 6.63. The van der Waals surface area contributed by atoms with Gasteiger partial charge in [-0.15, -0.1) is 6.58 Å². The highest BCUT2D eigenvalue weighted by atomic mass is 14.2. The molecule has 1 aromatic carbocycles. The summed E-state index contributed by atoms with van der Waals surface area (Å²) in [5, 5.41) is 0. The van der Waals surface area contributed by atoms with Gasteiger partial charge >= 0.3 is 0 Å². The Morgan fingerprint density at radius 2 is 1.88 bits per heavy atom. The van der Waals surface area contributed by atoms with Crippen LogP contribution in [0.5, 0.6) is 0 Å². The Morgan fingerprint density at radius 3 is 2.35 bits per heavy atom.